The number of hydrogen-bond acceptors (Lipinski definition) is 4. The van der Waals surface area contributed by atoms with Gasteiger partial charge in [-0.1, -0.05) is 54.2 Å². The molecule has 124 valence electrons. The Kier molecular flexibility index (Phi) is 4.11. The van der Waals surface area contributed by atoms with Gasteiger partial charge < -0.3 is 4.98 Å². The monoisotopic (exact) mass is 349 g/mol. The van der Waals surface area contributed by atoms with Crippen LogP contribution >= 0.6 is 11.8 Å². The molecule has 2 aromatic carbocycles. The van der Waals surface area contributed by atoms with Gasteiger partial charge in [0.2, 0.25) is 0 Å². The highest BCUT2D eigenvalue weighted by molar-refractivity contribution is 7.99. The van der Waals surface area contributed by atoms with Crippen LogP contribution in [0.3, 0.4) is 0 Å². The van der Waals surface area contributed by atoms with Crippen LogP contribution in [0, 0.1) is 0 Å². The number of imidazole rings is 1. The van der Waals surface area contributed by atoms with E-state index in [1.54, 1.807) is 30.5 Å². The van der Waals surface area contributed by atoms with Gasteiger partial charge in [-0.25, -0.2) is 4.98 Å². The number of nitrogens with zero attached hydrogens (tertiary/aromatic N) is 2. The highest BCUT2D eigenvalue weighted by Crippen LogP contribution is 2.24. The minimum Gasteiger partial charge on any atom is -0.333 e. The Labute approximate surface area is 149 Å². The molecule has 0 radical (unpaired) electrons. The largest absolute Gasteiger partial charge is 0.333 e. The van der Waals surface area contributed by atoms with E-state index in [1.807, 2.05) is 30.3 Å². The van der Waals surface area contributed by atoms with Crippen molar-refractivity contribution in [3.63, 3.8) is 0 Å². The molecule has 0 unspecified atom stereocenters. The summed E-state index contributed by atoms with van der Waals surface area (Å²) in [6.07, 6.45) is 1.79. The van der Waals surface area contributed by atoms with Crippen LogP contribution in [0.4, 0.5) is 0 Å². The van der Waals surface area contributed by atoms with Gasteiger partial charge in [0.1, 0.15) is 0 Å². The van der Waals surface area contributed by atoms with Gasteiger partial charge in [0.15, 0.2) is 5.16 Å². The van der Waals surface area contributed by atoms with Crippen molar-refractivity contribution in [3.05, 3.63) is 71.9 Å². The number of aromatic nitrogens is 2. The molecule has 1 aliphatic heterocycles. The van der Waals surface area contributed by atoms with Gasteiger partial charge in [0, 0.05) is 12.3 Å². The molecule has 1 aromatic heterocycles. The molecule has 1 aliphatic rings. The van der Waals surface area contributed by atoms with Gasteiger partial charge in [-0.3, -0.25) is 14.5 Å². The highest BCUT2D eigenvalue weighted by atomic mass is 32.2. The molecule has 25 heavy (non-hydrogen) atoms. The van der Waals surface area contributed by atoms with Gasteiger partial charge >= 0.3 is 0 Å². The van der Waals surface area contributed by atoms with Crippen molar-refractivity contribution >= 4 is 23.6 Å². The molecule has 0 aliphatic carbocycles. The summed E-state index contributed by atoms with van der Waals surface area (Å²) >= 11 is 1.49. The first-order valence-electron chi connectivity index (χ1n) is 7.92. The SMILES string of the molecule is O=C1c2ccccc2C(=O)N1CCSc1ncc(-c2ccccc2)[nH]1. The Bertz CT molecular complexity index is 902. The van der Waals surface area contributed by atoms with Crippen LogP contribution in [-0.4, -0.2) is 39.0 Å². The molecule has 0 saturated carbocycles. The minimum absolute atomic E-state index is 0.217. The number of nitrogens with one attached hydrogen (secondary N) is 1. The second-order valence-electron chi connectivity index (χ2n) is 5.62. The summed E-state index contributed by atoms with van der Waals surface area (Å²) in [5, 5.41) is 0.774. The normalized spacial score (nSPS) is 13.4. The number of rotatable bonds is 5. The van der Waals surface area contributed by atoms with Crippen molar-refractivity contribution in [1.29, 1.82) is 0 Å². The van der Waals surface area contributed by atoms with Crippen LogP contribution < -0.4 is 0 Å². The minimum atomic E-state index is -0.217. The van der Waals surface area contributed by atoms with Crippen molar-refractivity contribution < 1.29 is 9.59 Å². The van der Waals surface area contributed by atoms with E-state index in [-0.39, 0.29) is 11.8 Å². The first-order valence-corrected chi connectivity index (χ1v) is 8.91. The van der Waals surface area contributed by atoms with Crippen LogP contribution in [0.1, 0.15) is 20.7 Å². The Balaban J connectivity index is 1.39. The number of benzene rings is 2. The maximum absolute atomic E-state index is 12.3. The molecule has 0 atom stereocenters. The molecule has 1 N–H and O–H groups in total. The predicted molar refractivity (Wildman–Crippen MR) is 96.6 cm³/mol. The molecule has 0 fully saturated rings. The number of carbonyl (C=O) groups is 2. The van der Waals surface area contributed by atoms with Crippen molar-refractivity contribution in [2.24, 2.45) is 0 Å². The zero-order valence-corrected chi connectivity index (χ0v) is 14.1. The zero-order chi connectivity index (χ0) is 17.2. The molecule has 6 heteroatoms. The van der Waals surface area contributed by atoms with Crippen LogP contribution in [0.5, 0.6) is 0 Å². The van der Waals surface area contributed by atoms with E-state index >= 15 is 0 Å². The average Bonchev–Trinajstić information content (AvgIpc) is 3.22. The number of imide groups is 1. The number of H-pyrrole nitrogens is 1. The standard InChI is InChI=1S/C19H15N3O2S/c23-17-14-8-4-5-9-15(14)18(24)22(17)10-11-25-19-20-12-16(21-19)13-6-2-1-3-7-13/h1-9,12H,10-11H2,(H,20,21). The molecular weight excluding hydrogens is 334 g/mol. The molecule has 4 rings (SSSR count). The number of fused-ring (bicyclic) bond motifs is 1. The van der Waals surface area contributed by atoms with Crippen LogP contribution in [0.2, 0.25) is 0 Å². The second kappa shape index (κ2) is 6.57. The first kappa shape index (κ1) is 15.7. The van der Waals surface area contributed by atoms with Crippen molar-refractivity contribution in [1.82, 2.24) is 14.9 Å². The third-order valence-corrected chi connectivity index (χ3v) is 4.94. The van der Waals surface area contributed by atoms with E-state index < -0.39 is 0 Å². The molecule has 2 heterocycles. The summed E-state index contributed by atoms with van der Waals surface area (Å²) < 4.78 is 0. The number of thioether (sulfide) groups is 1. The summed E-state index contributed by atoms with van der Waals surface area (Å²) in [6.45, 7) is 0.360. The predicted octanol–water partition coefficient (Wildman–Crippen LogP) is 3.47. The van der Waals surface area contributed by atoms with E-state index in [0.717, 1.165) is 16.4 Å². The van der Waals surface area contributed by atoms with Crippen molar-refractivity contribution in [3.8, 4) is 11.3 Å². The lowest BCUT2D eigenvalue weighted by molar-refractivity contribution is 0.0664. The van der Waals surface area contributed by atoms with Gasteiger partial charge in [-0.05, 0) is 17.7 Å². The molecule has 0 bridgehead atoms. The summed E-state index contributed by atoms with van der Waals surface area (Å²) in [5.74, 6) is 0.156. The number of aromatic amines is 1. The molecule has 5 nitrogen and oxygen atoms in total. The Morgan fingerprint density at radius 2 is 1.56 bits per heavy atom. The topological polar surface area (TPSA) is 66.1 Å². The Morgan fingerprint density at radius 1 is 0.920 bits per heavy atom. The molecule has 0 spiro atoms. The van der Waals surface area contributed by atoms with Crippen LogP contribution in [-0.2, 0) is 0 Å². The van der Waals surface area contributed by atoms with E-state index in [0.29, 0.717) is 23.4 Å². The van der Waals surface area contributed by atoms with E-state index in [2.05, 4.69) is 9.97 Å². The van der Waals surface area contributed by atoms with Crippen LogP contribution in [0.15, 0.2) is 66.0 Å². The summed E-state index contributed by atoms with van der Waals surface area (Å²) in [5.41, 5.74) is 3.00. The van der Waals surface area contributed by atoms with Gasteiger partial charge in [0.05, 0.1) is 23.0 Å². The number of amides is 2. The molecular formula is C19H15N3O2S. The third-order valence-electron chi connectivity index (χ3n) is 4.07. The van der Waals surface area contributed by atoms with E-state index in [1.165, 1.54) is 16.7 Å². The van der Waals surface area contributed by atoms with E-state index in [4.69, 9.17) is 0 Å². The average molecular weight is 349 g/mol. The number of carbonyl (C=O) groups excluding carboxylic acids is 2. The van der Waals surface area contributed by atoms with Crippen molar-refractivity contribution in [2.45, 2.75) is 5.16 Å². The Hall–Kier alpha value is -2.86. The fraction of sp³-hybridized carbons (Fsp3) is 0.105. The van der Waals surface area contributed by atoms with Gasteiger partial charge in [0.25, 0.3) is 11.8 Å². The molecule has 3 aromatic rings. The molecule has 0 saturated heterocycles. The van der Waals surface area contributed by atoms with E-state index in [9.17, 15) is 9.59 Å². The lowest BCUT2D eigenvalue weighted by Gasteiger charge is -2.12. The second-order valence-corrected chi connectivity index (χ2v) is 6.71. The Morgan fingerprint density at radius 3 is 2.24 bits per heavy atom. The number of hydrogen-bond donors (Lipinski definition) is 1. The fourth-order valence-corrected chi connectivity index (χ4v) is 3.59. The maximum Gasteiger partial charge on any atom is 0.261 e. The summed E-state index contributed by atoms with van der Waals surface area (Å²) in [6, 6.07) is 16.9. The maximum atomic E-state index is 12.3. The van der Waals surface area contributed by atoms with Crippen molar-refractivity contribution in [2.75, 3.05) is 12.3 Å². The fourth-order valence-electron chi connectivity index (χ4n) is 2.82. The zero-order valence-electron chi connectivity index (χ0n) is 13.3. The van der Waals surface area contributed by atoms with Gasteiger partial charge in [-0.15, -0.1) is 0 Å². The lowest BCUT2D eigenvalue weighted by atomic mass is 10.1. The smallest absolute Gasteiger partial charge is 0.261 e. The summed E-state index contributed by atoms with van der Waals surface area (Å²) in [4.78, 5) is 33.5. The quantitative estimate of drug-likeness (QED) is 0.566. The first-order chi connectivity index (χ1) is 12.2. The third kappa shape index (κ3) is 2.96. The lowest BCUT2D eigenvalue weighted by Crippen LogP contribution is -2.31. The summed E-state index contributed by atoms with van der Waals surface area (Å²) in [7, 11) is 0. The van der Waals surface area contributed by atoms with Gasteiger partial charge in [-0.2, -0.15) is 0 Å². The van der Waals surface area contributed by atoms with Crippen LogP contribution in [0.25, 0.3) is 11.3 Å². The molecule has 2 amide bonds. The highest BCUT2D eigenvalue weighted by Gasteiger charge is 2.34.